The minimum absolute atomic E-state index is 0.161. The van der Waals surface area contributed by atoms with Crippen molar-refractivity contribution in [3.05, 3.63) is 35.4 Å². The van der Waals surface area contributed by atoms with E-state index >= 15 is 0 Å². The Morgan fingerprint density at radius 3 is 2.76 bits per heavy atom. The molecule has 0 spiro atoms. The van der Waals surface area contributed by atoms with Gasteiger partial charge >= 0.3 is 5.97 Å². The third-order valence-corrected chi connectivity index (χ3v) is 2.87. The first-order valence-corrected chi connectivity index (χ1v) is 5.99. The third kappa shape index (κ3) is 3.16. The van der Waals surface area contributed by atoms with Crippen molar-refractivity contribution in [1.82, 2.24) is 0 Å². The molecule has 0 aliphatic heterocycles. The number of carbonyl (C=O) groups is 2. The van der Waals surface area contributed by atoms with Crippen LogP contribution in [0.3, 0.4) is 0 Å². The van der Waals surface area contributed by atoms with Crippen molar-refractivity contribution >= 4 is 11.8 Å². The van der Waals surface area contributed by atoms with E-state index in [0.29, 0.717) is 18.1 Å². The summed E-state index contributed by atoms with van der Waals surface area (Å²) in [5.74, 6) is 0.00520. The fraction of sp³-hybridized carbons (Fsp3) is 0.429. The molecule has 0 radical (unpaired) electrons. The van der Waals surface area contributed by atoms with Gasteiger partial charge in [-0.3, -0.25) is 9.59 Å². The lowest BCUT2D eigenvalue weighted by molar-refractivity contribution is -0.141. The number of hydrogen-bond donors (Lipinski definition) is 0. The predicted molar refractivity (Wildman–Crippen MR) is 64.0 cm³/mol. The van der Waals surface area contributed by atoms with Gasteiger partial charge in [-0.15, -0.1) is 0 Å². The molecule has 1 aliphatic carbocycles. The van der Waals surface area contributed by atoms with Crippen LogP contribution in [0.15, 0.2) is 24.3 Å². The number of carbonyl (C=O) groups excluding carboxylic acids is 2. The highest BCUT2D eigenvalue weighted by Crippen LogP contribution is 2.40. The summed E-state index contributed by atoms with van der Waals surface area (Å²) in [6, 6.07) is 7.58. The Kier molecular flexibility index (Phi) is 3.57. The van der Waals surface area contributed by atoms with E-state index in [1.54, 1.807) is 13.0 Å². The monoisotopic (exact) mass is 232 g/mol. The smallest absolute Gasteiger partial charge is 0.313 e. The van der Waals surface area contributed by atoms with E-state index in [1.165, 1.54) is 18.4 Å². The second-order valence-corrected chi connectivity index (χ2v) is 4.30. The SMILES string of the molecule is CCOC(=O)CC(=O)c1cccc(C2CC2)c1. The molecule has 0 saturated heterocycles. The third-order valence-electron chi connectivity index (χ3n) is 2.87. The van der Waals surface area contributed by atoms with Crippen LogP contribution in [0, 0.1) is 0 Å². The van der Waals surface area contributed by atoms with E-state index < -0.39 is 5.97 Å². The van der Waals surface area contributed by atoms with Gasteiger partial charge in [-0.05, 0) is 37.3 Å². The largest absolute Gasteiger partial charge is 0.466 e. The number of esters is 1. The van der Waals surface area contributed by atoms with E-state index in [0.717, 1.165) is 0 Å². The molecule has 1 aliphatic rings. The molecule has 3 nitrogen and oxygen atoms in total. The van der Waals surface area contributed by atoms with Gasteiger partial charge in [-0.25, -0.2) is 0 Å². The number of hydrogen-bond acceptors (Lipinski definition) is 3. The van der Waals surface area contributed by atoms with Crippen molar-refractivity contribution in [3.8, 4) is 0 Å². The first-order valence-electron chi connectivity index (χ1n) is 5.99. The molecule has 0 unspecified atom stereocenters. The molecule has 0 amide bonds. The highest BCUT2D eigenvalue weighted by atomic mass is 16.5. The van der Waals surface area contributed by atoms with E-state index in [2.05, 4.69) is 0 Å². The molecule has 1 fully saturated rings. The van der Waals surface area contributed by atoms with Crippen molar-refractivity contribution < 1.29 is 14.3 Å². The second-order valence-electron chi connectivity index (χ2n) is 4.30. The minimum atomic E-state index is -0.450. The number of ketones is 1. The van der Waals surface area contributed by atoms with E-state index in [-0.39, 0.29) is 12.2 Å². The Balaban J connectivity index is 2.03. The van der Waals surface area contributed by atoms with Crippen LogP contribution in [0.2, 0.25) is 0 Å². The molecule has 0 bridgehead atoms. The van der Waals surface area contributed by atoms with Crippen LogP contribution in [0.5, 0.6) is 0 Å². The van der Waals surface area contributed by atoms with Gasteiger partial charge < -0.3 is 4.74 Å². The van der Waals surface area contributed by atoms with Gasteiger partial charge in [-0.2, -0.15) is 0 Å². The zero-order valence-electron chi connectivity index (χ0n) is 9.94. The topological polar surface area (TPSA) is 43.4 Å². The molecular formula is C14H16O3. The van der Waals surface area contributed by atoms with Crippen LogP contribution in [0.4, 0.5) is 0 Å². The number of Topliss-reactive ketones (excluding diaryl/α,β-unsaturated/α-hetero) is 1. The standard InChI is InChI=1S/C14H16O3/c1-2-17-14(16)9-13(15)12-5-3-4-11(8-12)10-6-7-10/h3-5,8,10H,2,6-7,9H2,1H3. The van der Waals surface area contributed by atoms with Gasteiger partial charge in [0, 0.05) is 5.56 Å². The lowest BCUT2D eigenvalue weighted by Crippen LogP contribution is -2.11. The summed E-state index contributed by atoms with van der Waals surface area (Å²) < 4.78 is 4.76. The Labute approximate surface area is 101 Å². The molecule has 0 aromatic heterocycles. The number of benzene rings is 1. The lowest BCUT2D eigenvalue weighted by Gasteiger charge is -2.04. The Hall–Kier alpha value is -1.64. The summed E-state index contributed by atoms with van der Waals surface area (Å²) in [7, 11) is 0. The molecule has 3 heteroatoms. The van der Waals surface area contributed by atoms with Gasteiger partial charge in [0.2, 0.25) is 0 Å². The highest BCUT2D eigenvalue weighted by molar-refractivity contribution is 6.06. The van der Waals surface area contributed by atoms with Crippen LogP contribution < -0.4 is 0 Å². The highest BCUT2D eigenvalue weighted by Gasteiger charge is 2.24. The maximum Gasteiger partial charge on any atom is 0.313 e. The number of ether oxygens (including phenoxy) is 1. The first-order chi connectivity index (χ1) is 8.20. The summed E-state index contributed by atoms with van der Waals surface area (Å²) in [5, 5.41) is 0. The summed E-state index contributed by atoms with van der Waals surface area (Å²) in [4.78, 5) is 23.0. The van der Waals surface area contributed by atoms with E-state index in [9.17, 15) is 9.59 Å². The zero-order chi connectivity index (χ0) is 12.3. The molecule has 17 heavy (non-hydrogen) atoms. The van der Waals surface area contributed by atoms with Crippen molar-refractivity contribution in [2.75, 3.05) is 6.61 Å². The lowest BCUT2D eigenvalue weighted by atomic mass is 10.0. The Morgan fingerprint density at radius 1 is 1.35 bits per heavy atom. The molecular weight excluding hydrogens is 216 g/mol. The average molecular weight is 232 g/mol. The summed E-state index contributed by atoms with van der Waals surface area (Å²) in [5.41, 5.74) is 1.82. The molecule has 0 atom stereocenters. The molecule has 1 saturated carbocycles. The van der Waals surface area contributed by atoms with Crippen molar-refractivity contribution in [2.45, 2.75) is 32.1 Å². The van der Waals surface area contributed by atoms with Gasteiger partial charge in [0.25, 0.3) is 0 Å². The Morgan fingerprint density at radius 2 is 2.12 bits per heavy atom. The van der Waals surface area contributed by atoms with Crippen LogP contribution in [-0.2, 0) is 9.53 Å². The van der Waals surface area contributed by atoms with Crippen LogP contribution in [0.25, 0.3) is 0 Å². The Bertz CT molecular complexity index is 433. The molecule has 0 N–H and O–H groups in total. The fourth-order valence-electron chi connectivity index (χ4n) is 1.83. The van der Waals surface area contributed by atoms with Gasteiger partial charge in [0.1, 0.15) is 6.42 Å². The maximum absolute atomic E-state index is 11.8. The molecule has 1 aromatic carbocycles. The van der Waals surface area contributed by atoms with Crippen LogP contribution in [0.1, 0.15) is 48.0 Å². The van der Waals surface area contributed by atoms with Gasteiger partial charge in [-0.1, -0.05) is 18.2 Å². The van der Waals surface area contributed by atoms with E-state index in [4.69, 9.17) is 4.74 Å². The summed E-state index contributed by atoms with van der Waals surface area (Å²) in [6.45, 7) is 2.05. The second kappa shape index (κ2) is 5.13. The molecule has 2 rings (SSSR count). The van der Waals surface area contributed by atoms with Crippen molar-refractivity contribution in [3.63, 3.8) is 0 Å². The first kappa shape index (κ1) is 11.8. The zero-order valence-corrected chi connectivity index (χ0v) is 9.94. The minimum Gasteiger partial charge on any atom is -0.466 e. The number of rotatable bonds is 5. The average Bonchev–Trinajstić information content (AvgIpc) is 3.13. The quantitative estimate of drug-likeness (QED) is 0.445. The van der Waals surface area contributed by atoms with Crippen molar-refractivity contribution in [2.24, 2.45) is 0 Å². The van der Waals surface area contributed by atoms with E-state index in [1.807, 2.05) is 18.2 Å². The normalized spacial score (nSPS) is 14.4. The van der Waals surface area contributed by atoms with Gasteiger partial charge in [0.05, 0.1) is 6.61 Å². The van der Waals surface area contributed by atoms with Crippen molar-refractivity contribution in [1.29, 1.82) is 0 Å². The summed E-state index contributed by atoms with van der Waals surface area (Å²) in [6.07, 6.45) is 2.24. The van der Waals surface area contributed by atoms with Crippen LogP contribution >= 0.6 is 0 Å². The molecule has 1 aromatic rings. The fourth-order valence-corrected chi connectivity index (χ4v) is 1.83. The molecule has 0 heterocycles. The van der Waals surface area contributed by atoms with Crippen LogP contribution in [-0.4, -0.2) is 18.4 Å². The van der Waals surface area contributed by atoms with Gasteiger partial charge in [0.15, 0.2) is 5.78 Å². The maximum atomic E-state index is 11.8. The predicted octanol–water partition coefficient (Wildman–Crippen LogP) is 2.70. The summed E-state index contributed by atoms with van der Waals surface area (Å²) >= 11 is 0. The molecule has 90 valence electrons.